The Kier molecular flexibility index (Phi) is 3.73. The molecule has 0 N–H and O–H groups in total. The van der Waals surface area contributed by atoms with Crippen LogP contribution >= 0.6 is 10.7 Å². The lowest BCUT2D eigenvalue weighted by atomic mass is 10.1. The van der Waals surface area contributed by atoms with Crippen LogP contribution in [0.4, 0.5) is 14.6 Å². The number of hydrogen-bond donors (Lipinski definition) is 0. The van der Waals surface area contributed by atoms with Crippen LogP contribution in [-0.4, -0.2) is 31.6 Å². The Hall–Kier alpha value is -1.28. The number of pyridine rings is 1. The van der Waals surface area contributed by atoms with E-state index in [4.69, 9.17) is 10.7 Å². The zero-order chi connectivity index (χ0) is 14.2. The largest absolute Gasteiger partial charge is 0.294 e. The third kappa shape index (κ3) is 3.38. The number of hydrogen-bond acceptors (Lipinski definition) is 4. The van der Waals surface area contributed by atoms with Gasteiger partial charge in [-0.15, -0.1) is 0 Å². The number of aromatic nitrogens is 1. The van der Waals surface area contributed by atoms with Crippen molar-refractivity contribution in [1.82, 2.24) is 4.98 Å². The molecule has 1 fully saturated rings. The summed E-state index contributed by atoms with van der Waals surface area (Å²) in [4.78, 5) is 16.2. The average Bonchev–Trinajstić information content (AvgIpc) is 2.56. The summed E-state index contributed by atoms with van der Waals surface area (Å²) in [5, 5.41) is 0. The highest BCUT2D eigenvalue weighted by Crippen LogP contribution is 2.27. The molecule has 1 atom stereocenters. The van der Waals surface area contributed by atoms with Gasteiger partial charge in [0.15, 0.2) is 11.6 Å². The number of carbonyl (C=O) groups is 1. The highest BCUT2D eigenvalue weighted by atomic mass is 35.7. The number of carbonyl (C=O) groups excluding carboxylic acids is 1. The van der Waals surface area contributed by atoms with Crippen molar-refractivity contribution in [2.45, 2.75) is 6.42 Å². The molecule has 0 bridgehead atoms. The van der Waals surface area contributed by atoms with Gasteiger partial charge in [0.2, 0.25) is 15.0 Å². The Morgan fingerprint density at radius 3 is 2.74 bits per heavy atom. The smallest absolute Gasteiger partial charge is 0.232 e. The fourth-order valence-corrected chi connectivity index (χ4v) is 3.31. The van der Waals surface area contributed by atoms with Crippen LogP contribution in [0.5, 0.6) is 0 Å². The Bertz CT molecular complexity index is 623. The monoisotopic (exact) mass is 310 g/mol. The Balaban J connectivity index is 2.20. The van der Waals surface area contributed by atoms with Gasteiger partial charge in [-0.2, -0.15) is 0 Å². The minimum Gasteiger partial charge on any atom is -0.294 e. The predicted molar refractivity (Wildman–Crippen MR) is 64.3 cm³/mol. The van der Waals surface area contributed by atoms with E-state index in [1.165, 1.54) is 0 Å². The number of amides is 1. The van der Waals surface area contributed by atoms with Crippen LogP contribution in [0, 0.1) is 17.6 Å². The molecule has 104 valence electrons. The maximum Gasteiger partial charge on any atom is 0.232 e. The van der Waals surface area contributed by atoms with Gasteiger partial charge in [0.05, 0.1) is 11.9 Å². The van der Waals surface area contributed by atoms with Crippen LogP contribution in [0.25, 0.3) is 0 Å². The van der Waals surface area contributed by atoms with E-state index in [-0.39, 0.29) is 24.5 Å². The summed E-state index contributed by atoms with van der Waals surface area (Å²) in [6, 6.07) is 0.612. The summed E-state index contributed by atoms with van der Waals surface area (Å²) in [5.41, 5.74) is 0. The lowest BCUT2D eigenvalue weighted by molar-refractivity contribution is -0.117. The quantitative estimate of drug-likeness (QED) is 0.789. The SMILES string of the molecule is O=C1CC(CS(=O)(=O)Cl)CN1c1ncc(F)cc1F. The Morgan fingerprint density at radius 1 is 1.47 bits per heavy atom. The summed E-state index contributed by atoms with van der Waals surface area (Å²) >= 11 is 0. The molecule has 0 aromatic carbocycles. The summed E-state index contributed by atoms with van der Waals surface area (Å²) in [6.07, 6.45) is 0.724. The van der Waals surface area contributed by atoms with Crippen LogP contribution < -0.4 is 4.90 Å². The molecule has 0 spiro atoms. The summed E-state index contributed by atoms with van der Waals surface area (Å²) in [5.74, 6) is -3.50. The molecule has 0 aliphatic carbocycles. The van der Waals surface area contributed by atoms with Crippen molar-refractivity contribution in [2.75, 3.05) is 17.2 Å². The van der Waals surface area contributed by atoms with Crippen molar-refractivity contribution >= 4 is 31.5 Å². The molecule has 9 heteroatoms. The third-order valence-electron chi connectivity index (χ3n) is 2.68. The molecule has 19 heavy (non-hydrogen) atoms. The Labute approximate surface area is 112 Å². The van der Waals surface area contributed by atoms with Crippen molar-refractivity contribution < 1.29 is 22.0 Å². The van der Waals surface area contributed by atoms with Gasteiger partial charge in [-0.1, -0.05) is 0 Å². The molecule has 1 aliphatic rings. The van der Waals surface area contributed by atoms with E-state index < -0.39 is 32.5 Å². The molecule has 1 unspecified atom stereocenters. The molecule has 2 heterocycles. The van der Waals surface area contributed by atoms with E-state index >= 15 is 0 Å². The lowest BCUT2D eigenvalue weighted by Crippen LogP contribution is -2.27. The molecular weight excluding hydrogens is 302 g/mol. The minimum atomic E-state index is -3.73. The predicted octanol–water partition coefficient (Wildman–Crippen LogP) is 1.28. The van der Waals surface area contributed by atoms with Crippen LogP contribution in [0.1, 0.15) is 6.42 Å². The number of rotatable bonds is 3. The normalized spacial score (nSPS) is 20.1. The van der Waals surface area contributed by atoms with Crippen molar-refractivity contribution in [3.8, 4) is 0 Å². The summed E-state index contributed by atoms with van der Waals surface area (Å²) < 4.78 is 48.1. The van der Waals surface area contributed by atoms with E-state index in [0.29, 0.717) is 6.07 Å². The molecule has 1 amide bonds. The molecule has 0 saturated carbocycles. The zero-order valence-corrected chi connectivity index (χ0v) is 11.1. The first kappa shape index (κ1) is 14.1. The van der Waals surface area contributed by atoms with E-state index in [1.807, 2.05) is 0 Å². The summed E-state index contributed by atoms with van der Waals surface area (Å²) in [7, 11) is 1.38. The molecule has 1 aromatic heterocycles. The first-order valence-corrected chi connectivity index (χ1v) is 7.78. The highest BCUT2D eigenvalue weighted by Gasteiger charge is 2.35. The van der Waals surface area contributed by atoms with Crippen LogP contribution in [-0.2, 0) is 13.8 Å². The Morgan fingerprint density at radius 2 is 2.16 bits per heavy atom. The fourth-order valence-electron chi connectivity index (χ4n) is 1.99. The molecule has 1 saturated heterocycles. The van der Waals surface area contributed by atoms with Gasteiger partial charge in [-0.25, -0.2) is 22.2 Å². The molecule has 2 rings (SSSR count). The van der Waals surface area contributed by atoms with Gasteiger partial charge in [0.25, 0.3) is 0 Å². The van der Waals surface area contributed by atoms with E-state index in [0.717, 1.165) is 11.1 Å². The van der Waals surface area contributed by atoms with Crippen LogP contribution in [0.2, 0.25) is 0 Å². The standard InChI is InChI=1S/C10H9ClF2N2O3S/c11-19(17,18)5-6-1-9(16)15(4-6)10-8(13)2-7(12)3-14-10/h2-3,6H,1,4-5H2. The molecule has 5 nitrogen and oxygen atoms in total. The van der Waals surface area contributed by atoms with Crippen LogP contribution in [0.15, 0.2) is 12.3 Å². The molecular formula is C10H9ClF2N2O3S. The zero-order valence-electron chi connectivity index (χ0n) is 9.51. The van der Waals surface area contributed by atoms with Gasteiger partial charge in [0, 0.05) is 35.6 Å². The number of halogens is 3. The van der Waals surface area contributed by atoms with E-state index in [9.17, 15) is 22.0 Å². The van der Waals surface area contributed by atoms with Gasteiger partial charge >= 0.3 is 0 Å². The second-order valence-corrected chi connectivity index (χ2v) is 7.06. The molecule has 1 aromatic rings. The van der Waals surface area contributed by atoms with Crippen molar-refractivity contribution in [1.29, 1.82) is 0 Å². The number of anilines is 1. The van der Waals surface area contributed by atoms with Gasteiger partial charge in [0.1, 0.15) is 5.82 Å². The maximum atomic E-state index is 13.5. The fraction of sp³-hybridized carbons (Fsp3) is 0.400. The number of nitrogens with zero attached hydrogens (tertiary/aromatic N) is 2. The second kappa shape index (κ2) is 5.01. The highest BCUT2D eigenvalue weighted by molar-refractivity contribution is 8.13. The van der Waals surface area contributed by atoms with E-state index in [1.54, 1.807) is 0 Å². The van der Waals surface area contributed by atoms with Crippen molar-refractivity contribution in [2.24, 2.45) is 5.92 Å². The van der Waals surface area contributed by atoms with Gasteiger partial charge in [-0.05, 0) is 0 Å². The first-order valence-electron chi connectivity index (χ1n) is 5.30. The lowest BCUT2D eigenvalue weighted by Gasteiger charge is -2.15. The maximum absolute atomic E-state index is 13.5. The van der Waals surface area contributed by atoms with Crippen molar-refractivity contribution in [3.05, 3.63) is 23.9 Å². The van der Waals surface area contributed by atoms with Crippen LogP contribution in [0.3, 0.4) is 0 Å². The molecule has 0 radical (unpaired) electrons. The third-order valence-corrected chi connectivity index (χ3v) is 3.93. The summed E-state index contributed by atoms with van der Waals surface area (Å²) in [6.45, 7) is -0.0136. The second-order valence-electron chi connectivity index (χ2n) is 4.24. The van der Waals surface area contributed by atoms with E-state index in [2.05, 4.69) is 4.98 Å². The van der Waals surface area contributed by atoms with Gasteiger partial charge in [-0.3, -0.25) is 9.69 Å². The van der Waals surface area contributed by atoms with Crippen molar-refractivity contribution in [3.63, 3.8) is 0 Å². The van der Waals surface area contributed by atoms with Gasteiger partial charge < -0.3 is 0 Å². The average molecular weight is 311 g/mol. The first-order chi connectivity index (χ1) is 8.76. The topological polar surface area (TPSA) is 67.3 Å². The minimum absolute atomic E-state index is 0.0136. The molecule has 1 aliphatic heterocycles.